The molecule has 1 aromatic heterocycles. The molecule has 0 aromatic carbocycles. The van der Waals surface area contributed by atoms with Gasteiger partial charge in [-0.15, -0.1) is 35.0 Å². The standard InChI is InChI=1S/C4H9N5.2ClH/c1-2-5-3-4-6-8-9-7-4;;/h5H,2-3H2,1H3,(H,6,7,8,9);2*1H. The average molecular weight is 200 g/mol. The van der Waals surface area contributed by atoms with Crippen molar-refractivity contribution in [1.29, 1.82) is 0 Å². The molecule has 0 aliphatic carbocycles. The van der Waals surface area contributed by atoms with Gasteiger partial charge in [-0.3, -0.25) is 0 Å². The number of hydrogen-bond acceptors (Lipinski definition) is 4. The molecule has 5 nitrogen and oxygen atoms in total. The Morgan fingerprint density at radius 2 is 2.18 bits per heavy atom. The first-order valence-corrected chi connectivity index (χ1v) is 2.86. The van der Waals surface area contributed by atoms with E-state index in [0.717, 1.165) is 6.54 Å². The van der Waals surface area contributed by atoms with Crippen LogP contribution in [-0.4, -0.2) is 27.2 Å². The first-order chi connectivity index (χ1) is 4.43. The van der Waals surface area contributed by atoms with E-state index in [2.05, 4.69) is 25.9 Å². The molecule has 0 amide bonds. The number of H-pyrrole nitrogens is 1. The minimum atomic E-state index is 0. The highest BCUT2D eigenvalue weighted by atomic mass is 35.5. The molecule has 0 unspecified atom stereocenters. The van der Waals surface area contributed by atoms with Gasteiger partial charge in [0.05, 0.1) is 6.54 Å². The van der Waals surface area contributed by atoms with Gasteiger partial charge in [0, 0.05) is 0 Å². The maximum absolute atomic E-state index is 3.74. The largest absolute Gasteiger partial charge is 0.310 e. The van der Waals surface area contributed by atoms with E-state index >= 15 is 0 Å². The minimum Gasteiger partial charge on any atom is -0.310 e. The SMILES string of the molecule is CCNCc1nn[nH]n1.Cl.Cl. The minimum absolute atomic E-state index is 0. The third kappa shape index (κ3) is 4.94. The molecule has 1 heterocycles. The second kappa shape index (κ2) is 7.71. The highest BCUT2D eigenvalue weighted by Crippen LogP contribution is 1.78. The van der Waals surface area contributed by atoms with Gasteiger partial charge in [0.25, 0.3) is 0 Å². The van der Waals surface area contributed by atoms with Crippen molar-refractivity contribution < 1.29 is 0 Å². The van der Waals surface area contributed by atoms with Crippen molar-refractivity contribution in [3.63, 3.8) is 0 Å². The van der Waals surface area contributed by atoms with Crippen LogP contribution < -0.4 is 5.32 Å². The molecule has 1 rings (SSSR count). The van der Waals surface area contributed by atoms with Gasteiger partial charge in [0.2, 0.25) is 0 Å². The van der Waals surface area contributed by atoms with Crippen LogP contribution in [0.5, 0.6) is 0 Å². The highest BCUT2D eigenvalue weighted by molar-refractivity contribution is 5.85. The quantitative estimate of drug-likeness (QED) is 0.728. The molecule has 0 aliphatic heterocycles. The molecule has 7 heteroatoms. The van der Waals surface area contributed by atoms with Gasteiger partial charge in [-0.05, 0) is 6.54 Å². The predicted octanol–water partition coefficient (Wildman–Crippen LogP) is 0.153. The van der Waals surface area contributed by atoms with Crippen LogP contribution in [0.4, 0.5) is 0 Å². The topological polar surface area (TPSA) is 66.5 Å². The van der Waals surface area contributed by atoms with Crippen molar-refractivity contribution >= 4 is 24.8 Å². The molecule has 2 N–H and O–H groups in total. The summed E-state index contributed by atoms with van der Waals surface area (Å²) in [7, 11) is 0. The van der Waals surface area contributed by atoms with E-state index in [1.807, 2.05) is 6.92 Å². The number of tetrazole rings is 1. The van der Waals surface area contributed by atoms with Crippen LogP contribution in [0.1, 0.15) is 12.7 Å². The van der Waals surface area contributed by atoms with E-state index in [1.165, 1.54) is 0 Å². The van der Waals surface area contributed by atoms with Crippen LogP contribution in [0.15, 0.2) is 0 Å². The maximum Gasteiger partial charge on any atom is 0.188 e. The molecule has 0 atom stereocenters. The number of aromatic amines is 1. The summed E-state index contributed by atoms with van der Waals surface area (Å²) in [5.41, 5.74) is 0. The fraction of sp³-hybridized carbons (Fsp3) is 0.750. The fourth-order valence-corrected chi connectivity index (χ4v) is 0.494. The van der Waals surface area contributed by atoms with Crippen molar-refractivity contribution in [2.45, 2.75) is 13.5 Å². The summed E-state index contributed by atoms with van der Waals surface area (Å²) >= 11 is 0. The Hall–Kier alpha value is -0.390. The van der Waals surface area contributed by atoms with Gasteiger partial charge in [0.15, 0.2) is 5.82 Å². The summed E-state index contributed by atoms with van der Waals surface area (Å²) in [6.07, 6.45) is 0. The van der Waals surface area contributed by atoms with Gasteiger partial charge < -0.3 is 5.32 Å². The van der Waals surface area contributed by atoms with Crippen LogP contribution in [0, 0.1) is 0 Å². The summed E-state index contributed by atoms with van der Waals surface area (Å²) < 4.78 is 0. The monoisotopic (exact) mass is 199 g/mol. The van der Waals surface area contributed by atoms with E-state index in [1.54, 1.807) is 0 Å². The Morgan fingerprint density at radius 1 is 1.45 bits per heavy atom. The Bertz CT molecular complexity index is 154. The lowest BCUT2D eigenvalue weighted by atomic mass is 10.6. The molecule has 1 aromatic rings. The van der Waals surface area contributed by atoms with Gasteiger partial charge in [-0.1, -0.05) is 12.1 Å². The molecular weight excluding hydrogens is 189 g/mol. The van der Waals surface area contributed by atoms with E-state index in [0.29, 0.717) is 12.4 Å². The zero-order chi connectivity index (χ0) is 6.53. The fourth-order valence-electron chi connectivity index (χ4n) is 0.494. The summed E-state index contributed by atoms with van der Waals surface area (Å²) in [5, 5.41) is 16.3. The van der Waals surface area contributed by atoms with Crippen molar-refractivity contribution in [3.05, 3.63) is 5.82 Å². The van der Waals surface area contributed by atoms with E-state index in [9.17, 15) is 0 Å². The van der Waals surface area contributed by atoms with E-state index < -0.39 is 0 Å². The molecule has 0 saturated carbocycles. The molecular formula is C4H11Cl2N5. The molecule has 0 bridgehead atoms. The Balaban J connectivity index is 0. The summed E-state index contributed by atoms with van der Waals surface area (Å²) in [4.78, 5) is 0. The van der Waals surface area contributed by atoms with E-state index in [4.69, 9.17) is 0 Å². The van der Waals surface area contributed by atoms with Crippen LogP contribution in [0.2, 0.25) is 0 Å². The first-order valence-electron chi connectivity index (χ1n) is 2.86. The molecule has 11 heavy (non-hydrogen) atoms. The molecule has 0 spiro atoms. The molecule has 0 fully saturated rings. The Labute approximate surface area is 77.2 Å². The Kier molecular flexibility index (Phi) is 9.27. The van der Waals surface area contributed by atoms with Gasteiger partial charge >= 0.3 is 0 Å². The van der Waals surface area contributed by atoms with Crippen LogP contribution in [0.25, 0.3) is 0 Å². The van der Waals surface area contributed by atoms with Crippen molar-refractivity contribution in [2.24, 2.45) is 0 Å². The number of nitrogens with zero attached hydrogens (tertiary/aromatic N) is 3. The summed E-state index contributed by atoms with van der Waals surface area (Å²) in [5.74, 6) is 0.705. The zero-order valence-electron chi connectivity index (χ0n) is 6.07. The number of hydrogen-bond donors (Lipinski definition) is 2. The van der Waals surface area contributed by atoms with Crippen molar-refractivity contribution in [3.8, 4) is 0 Å². The van der Waals surface area contributed by atoms with Gasteiger partial charge in [0.1, 0.15) is 0 Å². The van der Waals surface area contributed by atoms with Crippen LogP contribution >= 0.6 is 24.8 Å². The van der Waals surface area contributed by atoms with Gasteiger partial charge in [-0.25, -0.2) is 0 Å². The number of aromatic nitrogens is 4. The third-order valence-corrected chi connectivity index (χ3v) is 0.922. The lowest BCUT2D eigenvalue weighted by Gasteiger charge is -1.91. The average Bonchev–Trinajstić information content (AvgIpc) is 2.34. The normalized spacial score (nSPS) is 8.09. The maximum atomic E-state index is 3.74. The van der Waals surface area contributed by atoms with Gasteiger partial charge in [-0.2, -0.15) is 5.21 Å². The second-order valence-electron chi connectivity index (χ2n) is 1.61. The summed E-state index contributed by atoms with van der Waals surface area (Å²) in [6.45, 7) is 3.64. The lowest BCUT2D eigenvalue weighted by Crippen LogP contribution is -2.12. The molecule has 66 valence electrons. The number of rotatable bonds is 3. The zero-order valence-corrected chi connectivity index (χ0v) is 7.71. The van der Waals surface area contributed by atoms with Crippen LogP contribution in [-0.2, 0) is 6.54 Å². The van der Waals surface area contributed by atoms with Crippen molar-refractivity contribution in [1.82, 2.24) is 25.9 Å². The number of halogens is 2. The predicted molar refractivity (Wildman–Crippen MR) is 46.1 cm³/mol. The number of nitrogens with one attached hydrogen (secondary N) is 2. The molecule has 0 aliphatic rings. The van der Waals surface area contributed by atoms with E-state index in [-0.39, 0.29) is 24.8 Å². The second-order valence-corrected chi connectivity index (χ2v) is 1.61. The molecule has 0 radical (unpaired) electrons. The van der Waals surface area contributed by atoms with Crippen LogP contribution in [0.3, 0.4) is 0 Å². The summed E-state index contributed by atoms with van der Waals surface area (Å²) in [6, 6.07) is 0. The third-order valence-electron chi connectivity index (χ3n) is 0.922. The smallest absolute Gasteiger partial charge is 0.188 e. The highest BCUT2D eigenvalue weighted by Gasteiger charge is 1.92. The first kappa shape index (κ1) is 13.2. The molecule has 0 saturated heterocycles. The Morgan fingerprint density at radius 3 is 2.64 bits per heavy atom. The van der Waals surface area contributed by atoms with Crippen molar-refractivity contribution in [2.75, 3.05) is 6.54 Å². The lowest BCUT2D eigenvalue weighted by molar-refractivity contribution is 0.692.